The van der Waals surface area contributed by atoms with Crippen LogP contribution in [0.1, 0.15) is 21.5 Å². The summed E-state index contributed by atoms with van der Waals surface area (Å²) in [7, 11) is 0. The number of rotatable bonds is 5. The minimum atomic E-state index is -0.219. The van der Waals surface area contributed by atoms with Crippen LogP contribution in [0.2, 0.25) is 10.0 Å². The number of hydrogen-bond donors (Lipinski definition) is 1. The summed E-state index contributed by atoms with van der Waals surface area (Å²) in [4.78, 5) is 28.0. The number of benzene rings is 3. The number of amides is 2. The molecular formula is C23H18Cl2N2O2S. The third-order valence-corrected chi connectivity index (χ3v) is 6.44. The Morgan fingerprint density at radius 2 is 1.87 bits per heavy atom. The molecule has 0 spiro atoms. The Balaban J connectivity index is 1.56. The van der Waals surface area contributed by atoms with Gasteiger partial charge in [0.15, 0.2) is 0 Å². The molecule has 30 heavy (non-hydrogen) atoms. The number of thioether (sulfide) groups is 1. The van der Waals surface area contributed by atoms with E-state index in [2.05, 4.69) is 5.32 Å². The lowest BCUT2D eigenvalue weighted by Crippen LogP contribution is -2.35. The first-order chi connectivity index (χ1) is 14.5. The van der Waals surface area contributed by atoms with Crippen molar-refractivity contribution in [2.24, 2.45) is 0 Å². The Hall–Kier alpha value is -2.47. The summed E-state index contributed by atoms with van der Waals surface area (Å²) in [6, 6.07) is 20.3. The van der Waals surface area contributed by atoms with E-state index in [1.807, 2.05) is 42.5 Å². The largest absolute Gasteiger partial charge is 0.348 e. The molecule has 0 atom stereocenters. The average molecular weight is 457 g/mol. The zero-order chi connectivity index (χ0) is 21.1. The highest BCUT2D eigenvalue weighted by Gasteiger charge is 2.26. The van der Waals surface area contributed by atoms with Crippen LogP contribution in [-0.4, -0.2) is 17.6 Å². The van der Waals surface area contributed by atoms with Crippen LogP contribution >= 0.6 is 35.0 Å². The van der Waals surface area contributed by atoms with E-state index in [0.29, 0.717) is 34.5 Å². The Bertz CT molecular complexity index is 1120. The fourth-order valence-corrected chi connectivity index (χ4v) is 4.59. The Kier molecular flexibility index (Phi) is 6.32. The van der Waals surface area contributed by atoms with Crippen molar-refractivity contribution >= 4 is 52.5 Å². The van der Waals surface area contributed by atoms with E-state index in [1.54, 1.807) is 29.2 Å². The lowest BCUT2D eigenvalue weighted by Gasteiger charge is -2.29. The van der Waals surface area contributed by atoms with E-state index in [9.17, 15) is 9.59 Å². The van der Waals surface area contributed by atoms with E-state index in [0.717, 1.165) is 21.7 Å². The van der Waals surface area contributed by atoms with E-state index in [1.165, 1.54) is 11.8 Å². The van der Waals surface area contributed by atoms with Gasteiger partial charge in [0.2, 0.25) is 5.91 Å². The molecule has 0 radical (unpaired) electrons. The lowest BCUT2D eigenvalue weighted by molar-refractivity contribution is -0.116. The van der Waals surface area contributed by atoms with Gasteiger partial charge in [-0.25, -0.2) is 0 Å². The maximum absolute atomic E-state index is 12.7. The zero-order valence-corrected chi connectivity index (χ0v) is 18.2. The standard InChI is InChI=1S/C23H18Cl2N2O2S/c24-18-6-3-4-15(10-18)13-27-20-11-16(8-9-21(20)30-14-22(27)28)23(29)26-12-17-5-1-2-7-19(17)25/h1-11H,12-14H2,(H,26,29). The summed E-state index contributed by atoms with van der Waals surface area (Å²) in [5.41, 5.74) is 3.01. The third-order valence-electron chi connectivity index (χ3n) is 4.79. The molecule has 0 bridgehead atoms. The maximum Gasteiger partial charge on any atom is 0.251 e. The molecule has 2 amide bonds. The van der Waals surface area contributed by atoms with Crippen LogP contribution in [-0.2, 0) is 17.9 Å². The molecule has 152 valence electrons. The van der Waals surface area contributed by atoms with Gasteiger partial charge in [-0.2, -0.15) is 0 Å². The van der Waals surface area contributed by atoms with Gasteiger partial charge in [-0.15, -0.1) is 11.8 Å². The van der Waals surface area contributed by atoms with Gasteiger partial charge in [-0.3, -0.25) is 9.59 Å². The Labute approximate surface area is 189 Å². The van der Waals surface area contributed by atoms with Gasteiger partial charge in [-0.05, 0) is 47.5 Å². The number of fused-ring (bicyclic) bond motifs is 1. The summed E-state index contributed by atoms with van der Waals surface area (Å²) >= 11 is 13.7. The van der Waals surface area contributed by atoms with Crippen LogP contribution in [0.25, 0.3) is 0 Å². The number of nitrogens with zero attached hydrogens (tertiary/aromatic N) is 1. The van der Waals surface area contributed by atoms with Crippen molar-refractivity contribution in [3.8, 4) is 0 Å². The van der Waals surface area contributed by atoms with Crippen molar-refractivity contribution in [3.63, 3.8) is 0 Å². The molecule has 1 aliphatic rings. The van der Waals surface area contributed by atoms with Gasteiger partial charge in [-0.1, -0.05) is 53.5 Å². The van der Waals surface area contributed by atoms with Gasteiger partial charge in [0.25, 0.3) is 5.91 Å². The van der Waals surface area contributed by atoms with Crippen molar-refractivity contribution in [1.82, 2.24) is 5.32 Å². The summed E-state index contributed by atoms with van der Waals surface area (Å²) in [5, 5.41) is 4.13. The average Bonchev–Trinajstić information content (AvgIpc) is 2.75. The number of carbonyl (C=O) groups excluding carboxylic acids is 2. The quantitative estimate of drug-likeness (QED) is 0.546. The van der Waals surface area contributed by atoms with Crippen molar-refractivity contribution in [2.75, 3.05) is 10.7 Å². The first-order valence-electron chi connectivity index (χ1n) is 9.34. The van der Waals surface area contributed by atoms with Crippen LogP contribution in [0.5, 0.6) is 0 Å². The lowest BCUT2D eigenvalue weighted by atomic mass is 10.1. The molecule has 3 aromatic carbocycles. The highest BCUT2D eigenvalue weighted by atomic mass is 35.5. The van der Waals surface area contributed by atoms with Gasteiger partial charge in [0, 0.05) is 27.0 Å². The van der Waals surface area contributed by atoms with Gasteiger partial charge >= 0.3 is 0 Å². The molecule has 0 aliphatic carbocycles. The predicted octanol–water partition coefficient (Wildman–Crippen LogP) is 5.56. The van der Waals surface area contributed by atoms with Gasteiger partial charge in [0.05, 0.1) is 18.0 Å². The maximum atomic E-state index is 12.7. The summed E-state index contributed by atoms with van der Waals surface area (Å²) < 4.78 is 0. The van der Waals surface area contributed by atoms with E-state index in [4.69, 9.17) is 23.2 Å². The topological polar surface area (TPSA) is 49.4 Å². The molecule has 0 fully saturated rings. The highest BCUT2D eigenvalue weighted by Crippen LogP contribution is 2.37. The molecule has 0 unspecified atom stereocenters. The van der Waals surface area contributed by atoms with Crippen molar-refractivity contribution in [1.29, 1.82) is 0 Å². The molecule has 4 nitrogen and oxygen atoms in total. The first-order valence-corrected chi connectivity index (χ1v) is 11.1. The molecule has 4 rings (SSSR count). The van der Waals surface area contributed by atoms with Crippen LogP contribution in [0.4, 0.5) is 5.69 Å². The summed E-state index contributed by atoms with van der Waals surface area (Å²) in [6.07, 6.45) is 0. The smallest absolute Gasteiger partial charge is 0.251 e. The van der Waals surface area contributed by atoms with Crippen LogP contribution < -0.4 is 10.2 Å². The van der Waals surface area contributed by atoms with Crippen LogP contribution in [0.15, 0.2) is 71.6 Å². The second-order valence-electron chi connectivity index (χ2n) is 6.86. The van der Waals surface area contributed by atoms with Gasteiger partial charge in [0.1, 0.15) is 0 Å². The SMILES string of the molecule is O=C(NCc1ccccc1Cl)c1ccc2c(c1)N(Cc1cccc(Cl)c1)C(=O)CS2. The molecule has 1 heterocycles. The molecule has 0 aromatic heterocycles. The van der Waals surface area contributed by atoms with E-state index < -0.39 is 0 Å². The fraction of sp³-hybridized carbons (Fsp3) is 0.130. The van der Waals surface area contributed by atoms with Crippen LogP contribution in [0.3, 0.4) is 0 Å². The molecule has 1 N–H and O–H groups in total. The molecule has 3 aromatic rings. The Morgan fingerprint density at radius 1 is 1.03 bits per heavy atom. The van der Waals surface area contributed by atoms with Crippen molar-refractivity contribution in [3.05, 3.63) is 93.5 Å². The number of hydrogen-bond acceptors (Lipinski definition) is 3. The number of carbonyl (C=O) groups is 2. The monoisotopic (exact) mass is 456 g/mol. The summed E-state index contributed by atoms with van der Waals surface area (Å²) in [5.74, 6) is 0.149. The molecule has 0 saturated heterocycles. The van der Waals surface area contributed by atoms with Crippen LogP contribution in [0, 0.1) is 0 Å². The summed E-state index contributed by atoms with van der Waals surface area (Å²) in [6.45, 7) is 0.729. The second kappa shape index (κ2) is 9.13. The minimum absolute atomic E-state index is 0.00102. The third kappa shape index (κ3) is 4.64. The number of halogens is 2. The normalized spacial score (nSPS) is 13.1. The first kappa shape index (κ1) is 20.8. The van der Waals surface area contributed by atoms with E-state index in [-0.39, 0.29) is 11.8 Å². The van der Waals surface area contributed by atoms with Crippen molar-refractivity contribution < 1.29 is 9.59 Å². The highest BCUT2D eigenvalue weighted by molar-refractivity contribution is 8.00. The van der Waals surface area contributed by atoms with Crippen molar-refractivity contribution in [2.45, 2.75) is 18.0 Å². The Morgan fingerprint density at radius 3 is 2.67 bits per heavy atom. The number of nitrogens with one attached hydrogen (secondary N) is 1. The molecular weight excluding hydrogens is 439 g/mol. The molecule has 7 heteroatoms. The molecule has 1 aliphatic heterocycles. The fourth-order valence-electron chi connectivity index (χ4n) is 3.25. The zero-order valence-electron chi connectivity index (χ0n) is 15.9. The minimum Gasteiger partial charge on any atom is -0.348 e. The van der Waals surface area contributed by atoms with Gasteiger partial charge < -0.3 is 10.2 Å². The second-order valence-corrected chi connectivity index (χ2v) is 8.72. The van der Waals surface area contributed by atoms with E-state index >= 15 is 0 Å². The predicted molar refractivity (Wildman–Crippen MR) is 122 cm³/mol. The number of anilines is 1. The molecule has 0 saturated carbocycles.